The lowest BCUT2D eigenvalue weighted by atomic mass is 10.1. The molecule has 118 valence electrons. The number of nitrogens with zero attached hydrogens (tertiary/aromatic N) is 3. The van der Waals surface area contributed by atoms with Gasteiger partial charge in [-0.1, -0.05) is 65.9 Å². The van der Waals surface area contributed by atoms with Crippen molar-refractivity contribution >= 4 is 20.8 Å². The molecule has 0 aliphatic carbocycles. The van der Waals surface area contributed by atoms with Gasteiger partial charge in [0.25, 0.3) is 10.0 Å². The molecule has 0 saturated carbocycles. The number of aromatic nitrogens is 3. The molecule has 4 aromatic rings. The van der Waals surface area contributed by atoms with E-state index in [4.69, 9.17) is 0 Å². The highest BCUT2D eigenvalue weighted by molar-refractivity contribution is 7.89. The predicted octanol–water partition coefficient (Wildman–Crippen LogP) is 3.34. The van der Waals surface area contributed by atoms with E-state index in [-0.39, 0.29) is 4.90 Å². The Morgan fingerprint density at radius 2 is 1.50 bits per heavy atom. The van der Waals surface area contributed by atoms with Crippen molar-refractivity contribution in [2.45, 2.75) is 4.90 Å². The zero-order valence-corrected chi connectivity index (χ0v) is 13.4. The molecule has 6 heteroatoms. The topological polar surface area (TPSA) is 64.8 Å². The standard InChI is InChI=1S/C18H13N3O2S/c22-24(23,17-11-10-14-6-4-5-9-16(14)12-17)21-13-18(19-20-21)15-7-2-1-3-8-15/h1-13H. The van der Waals surface area contributed by atoms with E-state index in [0.717, 1.165) is 20.4 Å². The van der Waals surface area contributed by atoms with E-state index in [1.54, 1.807) is 18.2 Å². The second-order valence-corrected chi connectivity index (χ2v) is 7.15. The zero-order chi connectivity index (χ0) is 16.6. The van der Waals surface area contributed by atoms with Crippen LogP contribution in [-0.2, 0) is 10.0 Å². The highest BCUT2D eigenvalue weighted by Gasteiger charge is 2.19. The summed E-state index contributed by atoms with van der Waals surface area (Å²) in [5, 5.41) is 9.62. The molecule has 0 spiro atoms. The van der Waals surface area contributed by atoms with Crippen LogP contribution >= 0.6 is 0 Å². The molecule has 0 saturated heterocycles. The number of benzene rings is 3. The summed E-state index contributed by atoms with van der Waals surface area (Å²) in [6.45, 7) is 0. The average Bonchev–Trinajstić information content (AvgIpc) is 3.13. The monoisotopic (exact) mass is 335 g/mol. The Labute approximate surface area is 139 Å². The molecule has 0 amide bonds. The lowest BCUT2D eigenvalue weighted by molar-refractivity contribution is 0.577. The summed E-state index contributed by atoms with van der Waals surface area (Å²) in [5.41, 5.74) is 1.33. The molecule has 24 heavy (non-hydrogen) atoms. The van der Waals surface area contributed by atoms with Gasteiger partial charge in [-0.3, -0.25) is 0 Å². The van der Waals surface area contributed by atoms with Crippen LogP contribution in [-0.4, -0.2) is 22.8 Å². The van der Waals surface area contributed by atoms with Crippen LogP contribution in [0.15, 0.2) is 83.9 Å². The summed E-state index contributed by atoms with van der Waals surface area (Å²) >= 11 is 0. The summed E-state index contributed by atoms with van der Waals surface area (Å²) in [7, 11) is -3.77. The Kier molecular flexibility index (Phi) is 3.39. The quantitative estimate of drug-likeness (QED) is 0.576. The third-order valence-electron chi connectivity index (χ3n) is 3.81. The van der Waals surface area contributed by atoms with E-state index in [9.17, 15) is 8.42 Å². The van der Waals surface area contributed by atoms with Gasteiger partial charge in [0.2, 0.25) is 0 Å². The Morgan fingerprint density at radius 1 is 0.792 bits per heavy atom. The van der Waals surface area contributed by atoms with E-state index in [0.29, 0.717) is 5.69 Å². The van der Waals surface area contributed by atoms with Crippen LogP contribution in [0.5, 0.6) is 0 Å². The Morgan fingerprint density at radius 3 is 2.29 bits per heavy atom. The molecule has 0 radical (unpaired) electrons. The molecule has 3 aromatic carbocycles. The first-order valence-electron chi connectivity index (χ1n) is 7.37. The highest BCUT2D eigenvalue weighted by atomic mass is 32.2. The van der Waals surface area contributed by atoms with Gasteiger partial charge in [-0.05, 0) is 22.9 Å². The van der Waals surface area contributed by atoms with E-state index in [2.05, 4.69) is 10.3 Å². The molecular weight excluding hydrogens is 322 g/mol. The normalized spacial score (nSPS) is 11.7. The minimum Gasteiger partial charge on any atom is -0.199 e. The van der Waals surface area contributed by atoms with Crippen LogP contribution in [0.1, 0.15) is 0 Å². The minimum absolute atomic E-state index is 0.186. The molecule has 1 heterocycles. The van der Waals surface area contributed by atoms with Crippen LogP contribution in [0, 0.1) is 0 Å². The van der Waals surface area contributed by atoms with Crippen molar-refractivity contribution in [2.75, 3.05) is 0 Å². The molecule has 0 bridgehead atoms. The molecule has 0 fully saturated rings. The third-order valence-corrected chi connectivity index (χ3v) is 5.33. The van der Waals surface area contributed by atoms with Gasteiger partial charge in [0.05, 0.1) is 11.1 Å². The smallest absolute Gasteiger partial charge is 0.199 e. The Balaban J connectivity index is 1.78. The lowest BCUT2D eigenvalue weighted by Gasteiger charge is -2.05. The van der Waals surface area contributed by atoms with Crippen molar-refractivity contribution in [1.82, 2.24) is 14.4 Å². The molecule has 0 aliphatic rings. The molecule has 5 nitrogen and oxygen atoms in total. The molecular formula is C18H13N3O2S. The van der Waals surface area contributed by atoms with Crippen molar-refractivity contribution in [3.63, 3.8) is 0 Å². The lowest BCUT2D eigenvalue weighted by Crippen LogP contribution is -2.13. The summed E-state index contributed by atoms with van der Waals surface area (Å²) < 4.78 is 26.5. The van der Waals surface area contributed by atoms with Crippen molar-refractivity contribution in [2.24, 2.45) is 0 Å². The highest BCUT2D eigenvalue weighted by Crippen LogP contribution is 2.22. The van der Waals surface area contributed by atoms with Crippen LogP contribution in [0.3, 0.4) is 0 Å². The van der Waals surface area contributed by atoms with Gasteiger partial charge in [0.1, 0.15) is 5.69 Å². The fourth-order valence-corrected chi connectivity index (χ4v) is 3.65. The van der Waals surface area contributed by atoms with E-state index in [1.165, 1.54) is 6.20 Å². The summed E-state index contributed by atoms with van der Waals surface area (Å²) in [5.74, 6) is 0. The maximum absolute atomic E-state index is 12.8. The molecule has 0 N–H and O–H groups in total. The summed E-state index contributed by atoms with van der Waals surface area (Å²) in [6, 6.07) is 22.0. The van der Waals surface area contributed by atoms with Crippen LogP contribution < -0.4 is 0 Å². The van der Waals surface area contributed by atoms with Crippen molar-refractivity contribution in [3.05, 3.63) is 79.0 Å². The molecule has 0 atom stereocenters. The second kappa shape index (κ2) is 5.58. The molecule has 0 unspecified atom stereocenters. The second-order valence-electron chi connectivity index (χ2n) is 5.36. The first-order chi connectivity index (χ1) is 11.6. The average molecular weight is 335 g/mol. The van der Waals surface area contributed by atoms with Crippen LogP contribution in [0.4, 0.5) is 0 Å². The number of rotatable bonds is 3. The number of hydrogen-bond donors (Lipinski definition) is 0. The molecule has 4 rings (SSSR count). The van der Waals surface area contributed by atoms with Gasteiger partial charge in [-0.2, -0.15) is 8.42 Å². The van der Waals surface area contributed by atoms with Crippen molar-refractivity contribution in [1.29, 1.82) is 0 Å². The SMILES string of the molecule is O=S(=O)(c1ccc2ccccc2c1)n1cc(-c2ccccc2)nn1. The predicted molar refractivity (Wildman–Crippen MR) is 92.0 cm³/mol. The van der Waals surface area contributed by atoms with E-state index in [1.807, 2.05) is 54.6 Å². The first kappa shape index (κ1) is 14.6. The number of hydrogen-bond acceptors (Lipinski definition) is 4. The molecule has 0 aliphatic heterocycles. The van der Waals surface area contributed by atoms with Gasteiger partial charge in [0, 0.05) is 5.56 Å². The van der Waals surface area contributed by atoms with Gasteiger partial charge < -0.3 is 0 Å². The van der Waals surface area contributed by atoms with Gasteiger partial charge in [-0.25, -0.2) is 0 Å². The van der Waals surface area contributed by atoms with E-state index >= 15 is 0 Å². The Hall–Kier alpha value is -2.99. The van der Waals surface area contributed by atoms with E-state index < -0.39 is 10.0 Å². The van der Waals surface area contributed by atoms with Crippen molar-refractivity contribution < 1.29 is 8.42 Å². The minimum atomic E-state index is -3.77. The zero-order valence-electron chi connectivity index (χ0n) is 12.6. The largest absolute Gasteiger partial charge is 0.284 e. The summed E-state index contributed by atoms with van der Waals surface area (Å²) in [4.78, 5) is 0.186. The van der Waals surface area contributed by atoms with Gasteiger partial charge >= 0.3 is 0 Å². The molecule has 1 aromatic heterocycles. The number of fused-ring (bicyclic) bond motifs is 1. The fourth-order valence-electron chi connectivity index (χ4n) is 2.54. The van der Waals surface area contributed by atoms with Gasteiger partial charge in [-0.15, -0.1) is 9.19 Å². The van der Waals surface area contributed by atoms with Crippen LogP contribution in [0.2, 0.25) is 0 Å². The first-order valence-corrected chi connectivity index (χ1v) is 8.81. The third kappa shape index (κ3) is 2.47. The maximum Gasteiger partial charge on any atom is 0.284 e. The van der Waals surface area contributed by atoms with Crippen molar-refractivity contribution in [3.8, 4) is 11.3 Å². The Bertz CT molecular complexity index is 1120. The van der Waals surface area contributed by atoms with Gasteiger partial charge in [0.15, 0.2) is 0 Å². The fraction of sp³-hybridized carbons (Fsp3) is 0. The van der Waals surface area contributed by atoms with Crippen LogP contribution in [0.25, 0.3) is 22.0 Å². The maximum atomic E-state index is 12.8. The summed E-state index contributed by atoms with van der Waals surface area (Å²) in [6.07, 6.45) is 1.43.